The molecule has 0 amide bonds. The molecule has 0 heterocycles. The van der Waals surface area contributed by atoms with Crippen LogP contribution in [0.3, 0.4) is 0 Å². The van der Waals surface area contributed by atoms with Crippen molar-refractivity contribution in [2.45, 2.75) is 19.3 Å². The summed E-state index contributed by atoms with van der Waals surface area (Å²) in [4.78, 5) is 0. The van der Waals surface area contributed by atoms with E-state index in [1.165, 1.54) is 0 Å². The molecule has 1 fully saturated rings. The van der Waals surface area contributed by atoms with Crippen LogP contribution >= 0.6 is 0 Å². The van der Waals surface area contributed by atoms with Crippen molar-refractivity contribution < 1.29 is 54.3 Å². The summed E-state index contributed by atoms with van der Waals surface area (Å²) in [5.41, 5.74) is 0. The van der Waals surface area contributed by atoms with E-state index in [0.29, 0.717) is 25.0 Å². The Morgan fingerprint density at radius 3 is 1.60 bits per heavy atom. The van der Waals surface area contributed by atoms with Gasteiger partial charge in [-0.25, -0.2) is 0 Å². The van der Waals surface area contributed by atoms with E-state index in [-0.39, 0.29) is 44.1 Å². The van der Waals surface area contributed by atoms with Crippen molar-refractivity contribution in [2.75, 3.05) is 13.2 Å². The number of rotatable bonds is 2. The number of aliphatic hydroxyl groups excluding tert-OH is 2. The Balaban J connectivity index is 0.000000810. The fraction of sp³-hybridized carbons (Fsp3) is 1.00. The standard InChI is InChI=1S/C7H14O2.Ac/c8-4-6-1-2-7(3-6)5-9;/h6-9H,1-5H2;. The second kappa shape index (κ2) is 5.94. The van der Waals surface area contributed by atoms with Gasteiger partial charge in [0, 0.05) is 57.3 Å². The molecule has 0 bridgehead atoms. The van der Waals surface area contributed by atoms with Gasteiger partial charge >= 0.3 is 0 Å². The quantitative estimate of drug-likeness (QED) is 0.751. The third kappa shape index (κ3) is 3.17. The zero-order chi connectivity index (χ0) is 6.69. The zero-order valence-electron chi connectivity index (χ0n) is 6.16. The number of hydrogen-bond donors (Lipinski definition) is 2. The molecule has 1 aliphatic rings. The maximum atomic E-state index is 8.70. The van der Waals surface area contributed by atoms with E-state index in [4.69, 9.17) is 10.2 Å². The zero-order valence-corrected chi connectivity index (χ0v) is 10.9. The molecule has 0 aliphatic heterocycles. The predicted molar refractivity (Wildman–Crippen MR) is 35.0 cm³/mol. The van der Waals surface area contributed by atoms with Gasteiger partial charge < -0.3 is 10.2 Å². The van der Waals surface area contributed by atoms with Gasteiger partial charge in [-0.1, -0.05) is 0 Å². The maximum Gasteiger partial charge on any atom is 0.0459 e. The molecule has 3 heteroatoms. The molecule has 0 saturated heterocycles. The Kier molecular flexibility index (Phi) is 6.75. The topological polar surface area (TPSA) is 40.5 Å². The summed E-state index contributed by atoms with van der Waals surface area (Å²) in [6.07, 6.45) is 3.22. The first kappa shape index (κ1) is 11.4. The molecule has 1 rings (SSSR count). The molecule has 2 atom stereocenters. The second-order valence-electron chi connectivity index (χ2n) is 2.91. The van der Waals surface area contributed by atoms with Crippen molar-refractivity contribution in [3.8, 4) is 0 Å². The summed E-state index contributed by atoms with van der Waals surface area (Å²) in [5, 5.41) is 17.4. The van der Waals surface area contributed by atoms with Crippen LogP contribution in [0.15, 0.2) is 0 Å². The van der Waals surface area contributed by atoms with Gasteiger partial charge in [-0.3, -0.25) is 0 Å². The summed E-state index contributed by atoms with van der Waals surface area (Å²) < 4.78 is 0. The largest absolute Gasteiger partial charge is 0.396 e. The van der Waals surface area contributed by atoms with Crippen molar-refractivity contribution >= 4 is 0 Å². The summed E-state index contributed by atoms with van der Waals surface area (Å²) >= 11 is 0. The molecule has 0 aromatic carbocycles. The van der Waals surface area contributed by atoms with E-state index in [2.05, 4.69) is 0 Å². The van der Waals surface area contributed by atoms with Crippen LogP contribution in [0, 0.1) is 55.9 Å². The molecule has 2 nitrogen and oxygen atoms in total. The van der Waals surface area contributed by atoms with Crippen LogP contribution in [0.1, 0.15) is 19.3 Å². The number of aliphatic hydroxyl groups is 2. The fourth-order valence-electron chi connectivity index (χ4n) is 1.51. The van der Waals surface area contributed by atoms with E-state index in [1.807, 2.05) is 0 Å². The molecule has 2 unspecified atom stereocenters. The van der Waals surface area contributed by atoms with Gasteiger partial charge in [0.15, 0.2) is 0 Å². The Morgan fingerprint density at radius 1 is 1.00 bits per heavy atom. The van der Waals surface area contributed by atoms with Crippen molar-refractivity contribution in [1.82, 2.24) is 0 Å². The van der Waals surface area contributed by atoms with E-state index in [9.17, 15) is 0 Å². The Bertz CT molecular complexity index is 77.7. The van der Waals surface area contributed by atoms with Gasteiger partial charge in [-0.15, -0.1) is 0 Å². The van der Waals surface area contributed by atoms with Crippen LogP contribution in [-0.4, -0.2) is 23.4 Å². The second-order valence-corrected chi connectivity index (χ2v) is 2.91. The molecule has 0 spiro atoms. The molecule has 1 radical (unpaired) electrons. The molecular weight excluding hydrogens is 343 g/mol. The normalized spacial score (nSPS) is 31.8. The predicted octanol–water partition coefficient (Wildman–Crippen LogP) is 0.387. The SMILES string of the molecule is OCC1CCC(CO)C1.[Ac]. The third-order valence-corrected chi connectivity index (χ3v) is 2.17. The monoisotopic (exact) mass is 357 g/mol. The minimum atomic E-state index is 0. The van der Waals surface area contributed by atoms with Crippen LogP contribution < -0.4 is 0 Å². The smallest absolute Gasteiger partial charge is 0.0459 e. The van der Waals surface area contributed by atoms with Crippen LogP contribution in [0.5, 0.6) is 0 Å². The maximum absolute atomic E-state index is 8.70. The first-order valence-corrected chi connectivity index (χ1v) is 3.58. The number of hydrogen-bond acceptors (Lipinski definition) is 2. The average molecular weight is 357 g/mol. The van der Waals surface area contributed by atoms with Crippen molar-refractivity contribution in [1.29, 1.82) is 0 Å². The van der Waals surface area contributed by atoms with Crippen LogP contribution in [0.25, 0.3) is 0 Å². The average Bonchev–Trinajstić information content (AvgIpc) is 2.34. The van der Waals surface area contributed by atoms with Crippen LogP contribution in [0.4, 0.5) is 0 Å². The van der Waals surface area contributed by atoms with Gasteiger partial charge in [-0.05, 0) is 31.1 Å². The van der Waals surface area contributed by atoms with Crippen molar-refractivity contribution in [3.63, 3.8) is 0 Å². The first-order chi connectivity index (χ1) is 4.36. The van der Waals surface area contributed by atoms with Gasteiger partial charge in [0.05, 0.1) is 0 Å². The summed E-state index contributed by atoms with van der Waals surface area (Å²) in [6.45, 7) is 0.604. The Morgan fingerprint density at radius 2 is 1.40 bits per heavy atom. The molecule has 1 saturated carbocycles. The van der Waals surface area contributed by atoms with Gasteiger partial charge in [0.25, 0.3) is 0 Å². The van der Waals surface area contributed by atoms with Crippen molar-refractivity contribution in [3.05, 3.63) is 0 Å². The Labute approximate surface area is 97.6 Å². The summed E-state index contributed by atoms with van der Waals surface area (Å²) in [6, 6.07) is 0. The van der Waals surface area contributed by atoms with Gasteiger partial charge in [0.1, 0.15) is 0 Å². The van der Waals surface area contributed by atoms with Gasteiger partial charge in [-0.2, -0.15) is 0 Å². The van der Waals surface area contributed by atoms with E-state index < -0.39 is 0 Å². The molecule has 0 aromatic rings. The fourth-order valence-corrected chi connectivity index (χ4v) is 1.51. The van der Waals surface area contributed by atoms with E-state index in [0.717, 1.165) is 19.3 Å². The summed E-state index contributed by atoms with van der Waals surface area (Å²) in [7, 11) is 0. The molecule has 2 N–H and O–H groups in total. The van der Waals surface area contributed by atoms with Crippen LogP contribution in [-0.2, 0) is 0 Å². The van der Waals surface area contributed by atoms with E-state index >= 15 is 0 Å². The molecule has 1 aliphatic carbocycles. The minimum absolute atomic E-state index is 0. The molecule has 57 valence electrons. The summed E-state index contributed by atoms with van der Waals surface area (Å²) in [5.74, 6) is 0.948. The molecular formula is C7H14AcO2. The minimum Gasteiger partial charge on any atom is -0.396 e. The van der Waals surface area contributed by atoms with Crippen molar-refractivity contribution in [2.24, 2.45) is 11.8 Å². The van der Waals surface area contributed by atoms with Gasteiger partial charge in [0.2, 0.25) is 0 Å². The Hall–Kier alpha value is 1.36. The molecule has 0 aromatic heterocycles. The third-order valence-electron chi connectivity index (χ3n) is 2.17. The first-order valence-electron chi connectivity index (χ1n) is 3.58. The van der Waals surface area contributed by atoms with E-state index in [1.54, 1.807) is 0 Å². The van der Waals surface area contributed by atoms with Crippen LogP contribution in [0.2, 0.25) is 0 Å². The molecule has 10 heavy (non-hydrogen) atoms.